The van der Waals surface area contributed by atoms with Gasteiger partial charge in [0.05, 0.1) is 5.69 Å². The van der Waals surface area contributed by atoms with Crippen LogP contribution in [0.5, 0.6) is 0 Å². The van der Waals surface area contributed by atoms with E-state index in [2.05, 4.69) is 5.16 Å². The van der Waals surface area contributed by atoms with Gasteiger partial charge in [-0.25, -0.2) is 0 Å². The molecular weight excluding hydrogens is 342 g/mol. The Morgan fingerprint density at radius 1 is 1.61 bits per heavy atom. The molecule has 2 aliphatic heterocycles. The lowest BCUT2D eigenvalue weighted by molar-refractivity contribution is -0.149. The smallest absolute Gasteiger partial charge is 0.323 e. The van der Waals surface area contributed by atoms with Crippen LogP contribution in [0.4, 0.5) is 0 Å². The summed E-state index contributed by atoms with van der Waals surface area (Å²) in [6.07, 6.45) is 0. The largest absolute Gasteiger partial charge is 0.480 e. The quantitative estimate of drug-likeness (QED) is 0.735. The standard InChI is InChI=1S/C13H15N3O5S2/c1-5-3-7(21-15-5)11(18)23-13(12(19)20)4-16-9(17)8(14)10(16)22-6(13)2/h3,6,8,10H,4,14H2,1-2H3,(H,19,20)/t6?,8?,10-,13?/m1/s1. The zero-order chi connectivity index (χ0) is 16.9. The van der Waals surface area contributed by atoms with Crippen molar-refractivity contribution in [2.45, 2.75) is 35.3 Å². The molecule has 1 amide bonds. The molecule has 2 fully saturated rings. The SMILES string of the molecule is Cc1cc(C(=O)SC2(C(=O)O)CN3C(=O)C(N)[C@H]3SC2C)on1. The van der Waals surface area contributed by atoms with Gasteiger partial charge < -0.3 is 20.3 Å². The lowest BCUT2D eigenvalue weighted by Crippen LogP contribution is -2.74. The Morgan fingerprint density at radius 3 is 2.87 bits per heavy atom. The van der Waals surface area contributed by atoms with Gasteiger partial charge in [-0.05, 0) is 6.92 Å². The molecule has 3 heterocycles. The Bertz CT molecular complexity index is 693. The molecule has 2 aliphatic rings. The molecule has 0 saturated carbocycles. The van der Waals surface area contributed by atoms with E-state index in [1.807, 2.05) is 0 Å². The molecule has 0 aromatic carbocycles. The number of carboxylic acid groups (broad SMARTS) is 1. The first-order chi connectivity index (χ1) is 10.8. The average molecular weight is 357 g/mol. The van der Waals surface area contributed by atoms with E-state index in [4.69, 9.17) is 10.3 Å². The van der Waals surface area contributed by atoms with Crippen LogP contribution in [0.25, 0.3) is 0 Å². The molecule has 0 bridgehead atoms. The van der Waals surface area contributed by atoms with Gasteiger partial charge in [-0.2, -0.15) is 0 Å². The molecule has 3 N–H and O–H groups in total. The molecule has 10 heteroatoms. The molecule has 1 aromatic rings. The summed E-state index contributed by atoms with van der Waals surface area (Å²) in [7, 11) is 0. The third kappa shape index (κ3) is 2.45. The van der Waals surface area contributed by atoms with Gasteiger partial charge >= 0.3 is 5.97 Å². The number of carbonyl (C=O) groups is 3. The van der Waals surface area contributed by atoms with E-state index in [0.29, 0.717) is 17.5 Å². The van der Waals surface area contributed by atoms with Crippen LogP contribution in [-0.4, -0.2) is 60.1 Å². The third-order valence-electron chi connectivity index (χ3n) is 4.05. The highest BCUT2D eigenvalue weighted by Gasteiger charge is 2.60. The maximum Gasteiger partial charge on any atom is 0.323 e. The number of aromatic nitrogens is 1. The second-order valence-corrected chi connectivity index (χ2v) is 8.34. The number of fused-ring (bicyclic) bond motifs is 1. The Kier molecular flexibility index (Phi) is 3.93. The van der Waals surface area contributed by atoms with Gasteiger partial charge in [0.1, 0.15) is 16.2 Å². The van der Waals surface area contributed by atoms with Crippen molar-refractivity contribution < 1.29 is 24.0 Å². The first-order valence-electron chi connectivity index (χ1n) is 6.88. The number of nitrogens with two attached hydrogens (primary N) is 1. The van der Waals surface area contributed by atoms with Crippen LogP contribution < -0.4 is 5.73 Å². The Labute approximate surface area is 140 Å². The fourth-order valence-corrected chi connectivity index (χ4v) is 5.37. The molecule has 23 heavy (non-hydrogen) atoms. The third-order valence-corrected chi connectivity index (χ3v) is 7.25. The first-order valence-corrected chi connectivity index (χ1v) is 8.64. The summed E-state index contributed by atoms with van der Waals surface area (Å²) in [4.78, 5) is 37.6. The van der Waals surface area contributed by atoms with Gasteiger partial charge in [-0.1, -0.05) is 23.8 Å². The van der Waals surface area contributed by atoms with Crippen molar-refractivity contribution in [2.24, 2.45) is 5.73 Å². The molecule has 0 aliphatic carbocycles. The summed E-state index contributed by atoms with van der Waals surface area (Å²) in [6, 6.07) is 0.853. The minimum absolute atomic E-state index is 0.000846. The van der Waals surface area contributed by atoms with Crippen molar-refractivity contribution in [3.63, 3.8) is 0 Å². The number of carbonyl (C=O) groups excluding carboxylic acids is 2. The van der Waals surface area contributed by atoms with Gasteiger partial charge in [0, 0.05) is 17.9 Å². The number of aryl methyl sites for hydroxylation is 1. The van der Waals surface area contributed by atoms with Crippen LogP contribution in [0.3, 0.4) is 0 Å². The molecule has 2 saturated heterocycles. The highest BCUT2D eigenvalue weighted by molar-refractivity contribution is 8.16. The number of carboxylic acids is 1. The first kappa shape index (κ1) is 16.3. The van der Waals surface area contributed by atoms with Crippen molar-refractivity contribution >= 4 is 40.5 Å². The van der Waals surface area contributed by atoms with E-state index >= 15 is 0 Å². The van der Waals surface area contributed by atoms with Gasteiger partial charge in [-0.3, -0.25) is 14.4 Å². The predicted octanol–water partition coefficient (Wildman–Crippen LogP) is 0.311. The fourth-order valence-electron chi connectivity index (χ4n) is 2.65. The normalized spacial score (nSPS) is 33.1. The van der Waals surface area contributed by atoms with Gasteiger partial charge in [0.25, 0.3) is 5.12 Å². The maximum absolute atomic E-state index is 12.4. The summed E-state index contributed by atoms with van der Waals surface area (Å²) >= 11 is 1.97. The number of nitrogens with zero attached hydrogens (tertiary/aromatic N) is 2. The monoisotopic (exact) mass is 357 g/mol. The maximum atomic E-state index is 12.4. The van der Waals surface area contributed by atoms with Crippen LogP contribution in [0.15, 0.2) is 10.6 Å². The van der Waals surface area contributed by atoms with Crippen LogP contribution in [-0.2, 0) is 9.59 Å². The summed E-state index contributed by atoms with van der Waals surface area (Å²) < 4.78 is 3.46. The number of rotatable bonds is 3. The van der Waals surface area contributed by atoms with Crippen LogP contribution in [0.1, 0.15) is 23.2 Å². The number of β-lactam (4-membered cyclic amide) rings is 1. The van der Waals surface area contributed by atoms with E-state index in [1.54, 1.807) is 13.8 Å². The number of amides is 1. The molecule has 3 rings (SSSR count). The summed E-state index contributed by atoms with van der Waals surface area (Å²) in [5.74, 6) is -1.43. The minimum atomic E-state index is -1.45. The second kappa shape index (κ2) is 5.53. The van der Waals surface area contributed by atoms with Crippen molar-refractivity contribution in [2.75, 3.05) is 6.54 Å². The molecule has 1 aromatic heterocycles. The Hall–Kier alpha value is -1.52. The number of thioether (sulfide) groups is 2. The summed E-state index contributed by atoms with van der Waals surface area (Å²) in [5.41, 5.74) is 6.28. The van der Waals surface area contributed by atoms with Gasteiger partial charge in [0.15, 0.2) is 0 Å². The number of hydrogen-bond donors (Lipinski definition) is 2. The van der Waals surface area contributed by atoms with Crippen molar-refractivity contribution in [1.82, 2.24) is 10.1 Å². The lowest BCUT2D eigenvalue weighted by Gasteiger charge is -2.54. The van der Waals surface area contributed by atoms with Crippen molar-refractivity contribution in [3.8, 4) is 0 Å². The second-order valence-electron chi connectivity index (χ2n) is 5.58. The molecule has 3 unspecified atom stereocenters. The Morgan fingerprint density at radius 2 is 2.30 bits per heavy atom. The van der Waals surface area contributed by atoms with Crippen LogP contribution in [0, 0.1) is 6.92 Å². The van der Waals surface area contributed by atoms with Gasteiger partial charge in [0.2, 0.25) is 11.7 Å². The summed E-state index contributed by atoms with van der Waals surface area (Å²) in [6.45, 7) is 3.34. The number of hydrogen-bond acceptors (Lipinski definition) is 8. The zero-order valence-electron chi connectivity index (χ0n) is 12.4. The van der Waals surface area contributed by atoms with E-state index in [-0.39, 0.29) is 23.6 Å². The van der Waals surface area contributed by atoms with Crippen LogP contribution >= 0.6 is 23.5 Å². The van der Waals surface area contributed by atoms with E-state index in [1.165, 1.54) is 22.7 Å². The summed E-state index contributed by atoms with van der Waals surface area (Å²) in [5, 5.41) is 12.2. The molecule has 124 valence electrons. The van der Waals surface area contributed by atoms with E-state index in [9.17, 15) is 19.5 Å². The Balaban J connectivity index is 1.86. The predicted molar refractivity (Wildman–Crippen MR) is 84.1 cm³/mol. The molecule has 8 nitrogen and oxygen atoms in total. The van der Waals surface area contributed by atoms with Gasteiger partial charge in [-0.15, -0.1) is 11.8 Å². The van der Waals surface area contributed by atoms with E-state index in [0.717, 1.165) is 0 Å². The molecule has 0 radical (unpaired) electrons. The highest BCUT2D eigenvalue weighted by Crippen LogP contribution is 2.48. The fraction of sp³-hybridized carbons (Fsp3) is 0.538. The molecule has 0 spiro atoms. The van der Waals surface area contributed by atoms with Crippen molar-refractivity contribution in [3.05, 3.63) is 17.5 Å². The molecular formula is C13H15N3O5S2. The lowest BCUT2D eigenvalue weighted by atomic mass is 9.99. The van der Waals surface area contributed by atoms with Crippen molar-refractivity contribution in [1.29, 1.82) is 0 Å². The van der Waals surface area contributed by atoms with Crippen LogP contribution in [0.2, 0.25) is 0 Å². The highest BCUT2D eigenvalue weighted by atomic mass is 32.2. The minimum Gasteiger partial charge on any atom is -0.480 e. The number of aliphatic carboxylic acids is 1. The molecule has 4 atom stereocenters. The zero-order valence-corrected chi connectivity index (χ0v) is 14.0. The average Bonchev–Trinajstić information content (AvgIpc) is 2.94. The van der Waals surface area contributed by atoms with E-state index < -0.39 is 27.1 Å². The topological polar surface area (TPSA) is 127 Å².